The first kappa shape index (κ1) is 9.49. The van der Waals surface area contributed by atoms with Crippen LogP contribution in [0.15, 0.2) is 24.8 Å². The number of aromatic nitrogens is 2. The maximum atomic E-state index is 9.71. The minimum absolute atomic E-state index is 0.507. The SMILES string of the molecule is CC(C)(O)/C(=C/C#N)n1ccnc1. The van der Waals surface area contributed by atoms with Gasteiger partial charge in [0.1, 0.15) is 5.60 Å². The lowest BCUT2D eigenvalue weighted by atomic mass is 10.1. The van der Waals surface area contributed by atoms with Gasteiger partial charge in [0.15, 0.2) is 0 Å². The maximum Gasteiger partial charge on any atom is 0.100 e. The van der Waals surface area contributed by atoms with Crippen molar-refractivity contribution in [3.63, 3.8) is 0 Å². The van der Waals surface area contributed by atoms with Crippen LogP contribution in [0.3, 0.4) is 0 Å². The summed E-state index contributed by atoms with van der Waals surface area (Å²) in [6, 6.07) is 1.89. The monoisotopic (exact) mass is 177 g/mol. The molecule has 0 aliphatic carbocycles. The van der Waals surface area contributed by atoms with Crippen LogP contribution in [-0.2, 0) is 0 Å². The highest BCUT2D eigenvalue weighted by Crippen LogP contribution is 2.19. The Morgan fingerprint density at radius 2 is 2.38 bits per heavy atom. The van der Waals surface area contributed by atoms with Crippen molar-refractivity contribution in [3.05, 3.63) is 24.8 Å². The van der Waals surface area contributed by atoms with E-state index in [1.165, 1.54) is 6.08 Å². The fourth-order valence-corrected chi connectivity index (χ4v) is 1.03. The number of allylic oxidation sites excluding steroid dienone is 1. The van der Waals surface area contributed by atoms with Crippen molar-refractivity contribution < 1.29 is 5.11 Å². The van der Waals surface area contributed by atoms with Gasteiger partial charge in [0.25, 0.3) is 0 Å². The third-order valence-corrected chi connectivity index (χ3v) is 1.61. The number of imidazole rings is 1. The first-order chi connectivity index (χ1) is 6.05. The summed E-state index contributed by atoms with van der Waals surface area (Å²) in [5.41, 5.74) is -0.538. The lowest BCUT2D eigenvalue weighted by molar-refractivity contribution is 0.137. The molecular formula is C9H11N3O. The molecule has 0 atom stereocenters. The van der Waals surface area contributed by atoms with Gasteiger partial charge in [-0.1, -0.05) is 0 Å². The van der Waals surface area contributed by atoms with E-state index in [0.717, 1.165) is 0 Å². The summed E-state index contributed by atoms with van der Waals surface area (Å²) in [7, 11) is 0. The molecule has 1 rings (SSSR count). The summed E-state index contributed by atoms with van der Waals surface area (Å²) in [6.07, 6.45) is 6.13. The predicted molar refractivity (Wildman–Crippen MR) is 48.4 cm³/mol. The molecule has 1 N–H and O–H groups in total. The van der Waals surface area contributed by atoms with Crippen LogP contribution in [0.5, 0.6) is 0 Å². The Kier molecular flexibility index (Phi) is 2.49. The summed E-state index contributed by atoms with van der Waals surface area (Å²) in [5.74, 6) is 0. The normalized spacial score (nSPS) is 12.6. The highest BCUT2D eigenvalue weighted by atomic mass is 16.3. The van der Waals surface area contributed by atoms with E-state index in [1.807, 2.05) is 6.07 Å². The Labute approximate surface area is 76.8 Å². The van der Waals surface area contributed by atoms with Crippen molar-refractivity contribution in [1.82, 2.24) is 9.55 Å². The number of nitrogens with zero attached hydrogens (tertiary/aromatic N) is 3. The quantitative estimate of drug-likeness (QED) is 0.686. The zero-order valence-electron chi connectivity index (χ0n) is 7.60. The number of rotatable bonds is 2. The number of nitriles is 1. The van der Waals surface area contributed by atoms with Gasteiger partial charge in [0.2, 0.25) is 0 Å². The van der Waals surface area contributed by atoms with Gasteiger partial charge in [-0.15, -0.1) is 0 Å². The molecule has 4 nitrogen and oxygen atoms in total. The minimum atomic E-state index is -1.05. The molecule has 68 valence electrons. The van der Waals surface area contributed by atoms with Crippen molar-refractivity contribution >= 4 is 5.70 Å². The second-order valence-electron chi connectivity index (χ2n) is 3.19. The van der Waals surface area contributed by atoms with Crippen molar-refractivity contribution in [2.45, 2.75) is 19.4 Å². The van der Waals surface area contributed by atoms with E-state index in [9.17, 15) is 5.11 Å². The molecule has 1 aromatic rings. The van der Waals surface area contributed by atoms with Crippen LogP contribution < -0.4 is 0 Å². The molecule has 0 fully saturated rings. The van der Waals surface area contributed by atoms with Gasteiger partial charge in [-0.05, 0) is 13.8 Å². The predicted octanol–water partition coefficient (Wildman–Crippen LogP) is 1.02. The molecule has 0 saturated heterocycles. The molecule has 0 unspecified atom stereocenters. The van der Waals surface area contributed by atoms with E-state index in [4.69, 9.17) is 5.26 Å². The van der Waals surface area contributed by atoms with Gasteiger partial charge in [0.05, 0.1) is 18.1 Å². The van der Waals surface area contributed by atoms with E-state index in [2.05, 4.69) is 4.98 Å². The molecule has 0 amide bonds. The van der Waals surface area contributed by atoms with Gasteiger partial charge in [0, 0.05) is 18.5 Å². The molecule has 13 heavy (non-hydrogen) atoms. The first-order valence-corrected chi connectivity index (χ1v) is 3.86. The molecule has 0 aromatic carbocycles. The Bertz CT molecular complexity index is 338. The van der Waals surface area contributed by atoms with E-state index < -0.39 is 5.60 Å². The Morgan fingerprint density at radius 3 is 2.77 bits per heavy atom. The first-order valence-electron chi connectivity index (χ1n) is 3.86. The molecular weight excluding hydrogens is 166 g/mol. The molecule has 1 heterocycles. The average molecular weight is 177 g/mol. The van der Waals surface area contributed by atoms with Gasteiger partial charge in [-0.3, -0.25) is 0 Å². The van der Waals surface area contributed by atoms with Crippen molar-refractivity contribution in [2.24, 2.45) is 0 Å². The highest BCUT2D eigenvalue weighted by Gasteiger charge is 2.20. The van der Waals surface area contributed by atoms with Crippen LogP contribution in [0, 0.1) is 11.3 Å². The zero-order chi connectivity index (χ0) is 9.90. The van der Waals surface area contributed by atoms with Crippen molar-refractivity contribution in [3.8, 4) is 6.07 Å². The van der Waals surface area contributed by atoms with Gasteiger partial charge in [-0.2, -0.15) is 5.26 Å². The summed E-state index contributed by atoms with van der Waals surface area (Å²) >= 11 is 0. The lowest BCUT2D eigenvalue weighted by Gasteiger charge is -2.21. The molecule has 0 radical (unpaired) electrons. The topological polar surface area (TPSA) is 61.8 Å². The fourth-order valence-electron chi connectivity index (χ4n) is 1.03. The van der Waals surface area contributed by atoms with E-state index in [-0.39, 0.29) is 0 Å². The van der Waals surface area contributed by atoms with Crippen LogP contribution in [0.2, 0.25) is 0 Å². The van der Waals surface area contributed by atoms with Crippen molar-refractivity contribution in [2.75, 3.05) is 0 Å². The van der Waals surface area contributed by atoms with Gasteiger partial charge >= 0.3 is 0 Å². The third kappa shape index (κ3) is 2.17. The van der Waals surface area contributed by atoms with E-state index in [1.54, 1.807) is 37.1 Å². The molecule has 0 spiro atoms. The van der Waals surface area contributed by atoms with Crippen LogP contribution in [0.4, 0.5) is 0 Å². The molecule has 4 heteroatoms. The molecule has 0 saturated carbocycles. The fraction of sp³-hybridized carbons (Fsp3) is 0.333. The summed E-state index contributed by atoms with van der Waals surface area (Å²) in [5, 5.41) is 18.2. The summed E-state index contributed by atoms with van der Waals surface area (Å²) in [4.78, 5) is 3.84. The molecule has 0 aliphatic heterocycles. The standard InChI is InChI=1S/C9H11N3O/c1-9(2,13)8(3-4-10)12-6-5-11-7-12/h3,5-7,13H,1-2H3/b8-3-. The minimum Gasteiger partial charge on any atom is -0.384 e. The van der Waals surface area contributed by atoms with E-state index in [0.29, 0.717) is 5.70 Å². The highest BCUT2D eigenvalue weighted by molar-refractivity contribution is 5.56. The van der Waals surface area contributed by atoms with Crippen molar-refractivity contribution in [1.29, 1.82) is 5.26 Å². The number of hydrogen-bond acceptors (Lipinski definition) is 3. The zero-order valence-corrected chi connectivity index (χ0v) is 7.60. The second-order valence-corrected chi connectivity index (χ2v) is 3.19. The molecule has 1 aromatic heterocycles. The Morgan fingerprint density at radius 1 is 1.69 bits per heavy atom. The van der Waals surface area contributed by atoms with Crippen LogP contribution in [0.1, 0.15) is 13.8 Å². The Balaban J connectivity index is 3.11. The number of aliphatic hydroxyl groups is 1. The average Bonchev–Trinajstić information content (AvgIpc) is 2.49. The maximum absolute atomic E-state index is 9.71. The lowest BCUT2D eigenvalue weighted by Crippen LogP contribution is -2.24. The summed E-state index contributed by atoms with van der Waals surface area (Å²) < 4.78 is 1.61. The van der Waals surface area contributed by atoms with Gasteiger partial charge in [-0.25, -0.2) is 4.98 Å². The summed E-state index contributed by atoms with van der Waals surface area (Å²) in [6.45, 7) is 3.24. The van der Waals surface area contributed by atoms with E-state index >= 15 is 0 Å². The largest absolute Gasteiger partial charge is 0.384 e. The molecule has 0 bridgehead atoms. The third-order valence-electron chi connectivity index (χ3n) is 1.61. The Hall–Kier alpha value is -1.60. The van der Waals surface area contributed by atoms with Gasteiger partial charge < -0.3 is 9.67 Å². The van der Waals surface area contributed by atoms with Crippen LogP contribution >= 0.6 is 0 Å². The number of hydrogen-bond donors (Lipinski definition) is 1. The molecule has 0 aliphatic rings. The van der Waals surface area contributed by atoms with Crippen LogP contribution in [0.25, 0.3) is 5.70 Å². The smallest absolute Gasteiger partial charge is 0.100 e. The van der Waals surface area contributed by atoms with Crippen LogP contribution in [-0.4, -0.2) is 20.3 Å². The second kappa shape index (κ2) is 3.42.